The minimum Gasteiger partial charge on any atom is -0.329 e. The molecule has 1 aromatic carbocycles. The minimum atomic E-state index is 0.0236. The quantitative estimate of drug-likeness (QED) is 0.566. The molecule has 0 spiro atoms. The first-order valence-electron chi connectivity index (χ1n) is 10.3. The summed E-state index contributed by atoms with van der Waals surface area (Å²) in [5, 5.41) is 5.64. The van der Waals surface area contributed by atoms with Crippen LogP contribution in [0.4, 0.5) is 0 Å². The summed E-state index contributed by atoms with van der Waals surface area (Å²) in [6, 6.07) is 11.7. The van der Waals surface area contributed by atoms with Crippen LogP contribution in [-0.2, 0) is 17.9 Å². The van der Waals surface area contributed by atoms with E-state index < -0.39 is 0 Å². The standard InChI is InChI=1S/C24H26ClN5O/c1-17-15-30-21(16-29(17)22(31)5-4-14-28(2)3)23(18-10-12-26-13-11-18)24(27-30)19-6-8-20(25)9-7-19/h4-13,17H,14-16H2,1-3H3/b5-4+/t17-/m1/s1. The summed E-state index contributed by atoms with van der Waals surface area (Å²) >= 11 is 6.10. The van der Waals surface area contributed by atoms with Crippen LogP contribution in [0.15, 0.2) is 60.9 Å². The lowest BCUT2D eigenvalue weighted by Gasteiger charge is -2.33. The van der Waals surface area contributed by atoms with E-state index in [0.717, 1.165) is 34.6 Å². The molecule has 160 valence electrons. The molecule has 0 bridgehead atoms. The zero-order valence-electron chi connectivity index (χ0n) is 18.0. The first-order chi connectivity index (χ1) is 14.9. The predicted octanol–water partition coefficient (Wildman–Crippen LogP) is 4.11. The molecule has 1 atom stereocenters. The van der Waals surface area contributed by atoms with Crippen molar-refractivity contribution in [1.82, 2.24) is 24.6 Å². The van der Waals surface area contributed by atoms with Crippen molar-refractivity contribution < 1.29 is 4.79 Å². The molecule has 1 aliphatic rings. The average Bonchev–Trinajstić information content (AvgIpc) is 3.12. The molecule has 6 nitrogen and oxygen atoms in total. The third kappa shape index (κ3) is 4.55. The average molecular weight is 436 g/mol. The Bertz CT molecular complexity index is 1090. The number of nitrogens with zero attached hydrogens (tertiary/aromatic N) is 5. The number of benzene rings is 1. The summed E-state index contributed by atoms with van der Waals surface area (Å²) in [5.41, 5.74) is 4.98. The molecule has 3 aromatic rings. The van der Waals surface area contributed by atoms with Gasteiger partial charge in [-0.1, -0.05) is 29.8 Å². The zero-order valence-corrected chi connectivity index (χ0v) is 18.8. The van der Waals surface area contributed by atoms with E-state index >= 15 is 0 Å². The van der Waals surface area contributed by atoms with E-state index in [0.29, 0.717) is 18.1 Å². The Labute approximate surface area is 187 Å². The van der Waals surface area contributed by atoms with Crippen LogP contribution in [0.2, 0.25) is 5.02 Å². The number of amides is 1. The van der Waals surface area contributed by atoms with Crippen molar-refractivity contribution in [1.29, 1.82) is 0 Å². The lowest BCUT2D eigenvalue weighted by molar-refractivity contribution is -0.129. The molecule has 0 fully saturated rings. The highest BCUT2D eigenvalue weighted by atomic mass is 35.5. The Hall–Kier alpha value is -2.96. The van der Waals surface area contributed by atoms with Gasteiger partial charge in [0.05, 0.1) is 18.8 Å². The molecule has 0 radical (unpaired) electrons. The molecule has 7 heteroatoms. The molecule has 3 heterocycles. The van der Waals surface area contributed by atoms with Gasteiger partial charge in [-0.05, 0) is 50.8 Å². The van der Waals surface area contributed by atoms with Gasteiger partial charge in [-0.3, -0.25) is 14.5 Å². The van der Waals surface area contributed by atoms with Gasteiger partial charge in [0.15, 0.2) is 0 Å². The van der Waals surface area contributed by atoms with Crippen LogP contribution in [0.25, 0.3) is 22.4 Å². The smallest absolute Gasteiger partial charge is 0.246 e. The number of halogens is 1. The first kappa shape index (κ1) is 21.3. The monoisotopic (exact) mass is 435 g/mol. The molecule has 1 aliphatic heterocycles. The fourth-order valence-corrected chi connectivity index (χ4v) is 3.99. The van der Waals surface area contributed by atoms with E-state index in [4.69, 9.17) is 16.7 Å². The van der Waals surface area contributed by atoms with Crippen molar-refractivity contribution in [3.05, 3.63) is 71.7 Å². The maximum absolute atomic E-state index is 12.9. The second-order valence-electron chi connectivity index (χ2n) is 8.07. The Kier molecular flexibility index (Phi) is 6.20. The van der Waals surface area contributed by atoms with Crippen molar-refractivity contribution in [2.75, 3.05) is 20.6 Å². The Balaban J connectivity index is 1.75. The van der Waals surface area contributed by atoms with Gasteiger partial charge in [0.25, 0.3) is 0 Å². The molecular formula is C24H26ClN5O. The SMILES string of the molecule is C[C@@H]1Cn2nc(-c3ccc(Cl)cc3)c(-c3ccncc3)c2CN1C(=O)/C=C/CN(C)C. The van der Waals surface area contributed by atoms with Crippen LogP contribution < -0.4 is 0 Å². The van der Waals surface area contributed by atoms with Crippen LogP contribution in [0, 0.1) is 0 Å². The fraction of sp³-hybridized carbons (Fsp3) is 0.292. The van der Waals surface area contributed by atoms with Gasteiger partial charge >= 0.3 is 0 Å². The number of hydrogen-bond donors (Lipinski definition) is 0. The summed E-state index contributed by atoms with van der Waals surface area (Å²) in [6.07, 6.45) is 7.14. The van der Waals surface area contributed by atoms with Crippen LogP contribution in [-0.4, -0.2) is 57.2 Å². The second-order valence-corrected chi connectivity index (χ2v) is 8.51. The molecule has 0 N–H and O–H groups in total. The summed E-state index contributed by atoms with van der Waals surface area (Å²) in [5.74, 6) is 0.0236. The maximum Gasteiger partial charge on any atom is 0.246 e. The zero-order chi connectivity index (χ0) is 22.0. The van der Waals surface area contributed by atoms with Gasteiger partial charge in [-0.25, -0.2) is 0 Å². The molecule has 1 amide bonds. The molecule has 31 heavy (non-hydrogen) atoms. The minimum absolute atomic E-state index is 0.0236. The molecule has 0 saturated heterocycles. The second kappa shape index (κ2) is 9.04. The van der Waals surface area contributed by atoms with Crippen LogP contribution in [0.3, 0.4) is 0 Å². The molecular weight excluding hydrogens is 410 g/mol. The van der Waals surface area contributed by atoms with Gasteiger partial charge in [0.2, 0.25) is 5.91 Å². The lowest BCUT2D eigenvalue weighted by Crippen LogP contribution is -2.44. The van der Waals surface area contributed by atoms with E-state index in [1.807, 2.05) is 71.1 Å². The van der Waals surface area contributed by atoms with Crippen molar-refractivity contribution in [3.63, 3.8) is 0 Å². The number of hydrogen-bond acceptors (Lipinski definition) is 4. The van der Waals surface area contributed by atoms with E-state index in [2.05, 4.69) is 11.9 Å². The molecule has 2 aromatic heterocycles. The topological polar surface area (TPSA) is 54.3 Å². The Morgan fingerprint density at radius 1 is 1.16 bits per heavy atom. The number of carbonyl (C=O) groups excluding carboxylic acids is 1. The van der Waals surface area contributed by atoms with Crippen molar-refractivity contribution >= 4 is 17.5 Å². The van der Waals surface area contributed by atoms with E-state index in [-0.39, 0.29) is 11.9 Å². The largest absolute Gasteiger partial charge is 0.329 e. The first-order valence-corrected chi connectivity index (χ1v) is 10.7. The number of fused-ring (bicyclic) bond motifs is 1. The third-order valence-corrected chi connectivity index (χ3v) is 5.70. The van der Waals surface area contributed by atoms with E-state index in [1.165, 1.54) is 0 Å². The molecule has 4 rings (SSSR count). The highest BCUT2D eigenvalue weighted by molar-refractivity contribution is 6.30. The van der Waals surface area contributed by atoms with E-state index in [9.17, 15) is 4.79 Å². The number of carbonyl (C=O) groups is 1. The van der Waals surface area contributed by atoms with Crippen LogP contribution in [0.1, 0.15) is 12.6 Å². The summed E-state index contributed by atoms with van der Waals surface area (Å²) in [6.45, 7) is 3.95. The van der Waals surface area contributed by atoms with Gasteiger partial charge in [-0.2, -0.15) is 5.10 Å². The number of pyridine rings is 1. The normalized spacial score (nSPS) is 16.2. The summed E-state index contributed by atoms with van der Waals surface area (Å²) in [4.78, 5) is 21.0. The lowest BCUT2D eigenvalue weighted by atomic mass is 9.98. The highest BCUT2D eigenvalue weighted by Crippen LogP contribution is 2.37. The van der Waals surface area contributed by atoms with Crippen molar-refractivity contribution in [2.45, 2.75) is 26.1 Å². The maximum atomic E-state index is 12.9. The van der Waals surface area contributed by atoms with Crippen molar-refractivity contribution in [2.24, 2.45) is 0 Å². The van der Waals surface area contributed by atoms with Gasteiger partial charge < -0.3 is 9.80 Å². The molecule has 0 saturated carbocycles. The van der Waals surface area contributed by atoms with Gasteiger partial charge in [0.1, 0.15) is 5.69 Å². The van der Waals surface area contributed by atoms with Gasteiger partial charge in [0, 0.05) is 47.2 Å². The highest BCUT2D eigenvalue weighted by Gasteiger charge is 2.31. The number of likely N-dealkylation sites (N-methyl/N-ethyl adjacent to an activating group) is 1. The Morgan fingerprint density at radius 3 is 2.55 bits per heavy atom. The number of rotatable bonds is 5. The fourth-order valence-electron chi connectivity index (χ4n) is 3.86. The van der Waals surface area contributed by atoms with E-state index in [1.54, 1.807) is 18.5 Å². The summed E-state index contributed by atoms with van der Waals surface area (Å²) < 4.78 is 2.04. The van der Waals surface area contributed by atoms with Crippen LogP contribution >= 0.6 is 11.6 Å². The molecule has 0 unspecified atom stereocenters. The third-order valence-electron chi connectivity index (χ3n) is 5.45. The Morgan fingerprint density at radius 2 is 1.87 bits per heavy atom. The predicted molar refractivity (Wildman–Crippen MR) is 124 cm³/mol. The summed E-state index contributed by atoms with van der Waals surface area (Å²) in [7, 11) is 3.96. The van der Waals surface area contributed by atoms with Crippen molar-refractivity contribution in [3.8, 4) is 22.4 Å². The molecule has 0 aliphatic carbocycles. The van der Waals surface area contributed by atoms with Gasteiger partial charge in [-0.15, -0.1) is 0 Å². The van der Waals surface area contributed by atoms with Crippen LogP contribution in [0.5, 0.6) is 0 Å². The number of aromatic nitrogens is 3.